The zero-order valence-corrected chi connectivity index (χ0v) is 15.4. The molecular weight excluding hydrogens is 377 g/mol. The molecule has 1 amide bonds. The maximum atomic E-state index is 13.1. The second-order valence-corrected chi connectivity index (χ2v) is 7.08. The minimum Gasteiger partial charge on any atom is -0.325 e. The van der Waals surface area contributed by atoms with E-state index in [0.717, 1.165) is 5.56 Å². The summed E-state index contributed by atoms with van der Waals surface area (Å²) in [4.78, 5) is 28.5. The number of aromatic nitrogens is 2. The number of hydrogen-bond donors (Lipinski definition) is 1. The molecule has 0 saturated heterocycles. The van der Waals surface area contributed by atoms with Gasteiger partial charge in [0.15, 0.2) is 0 Å². The smallest absolute Gasteiger partial charge is 0.258 e. The van der Waals surface area contributed by atoms with E-state index >= 15 is 0 Å². The molecule has 0 atom stereocenters. The maximum absolute atomic E-state index is 13.1. The summed E-state index contributed by atoms with van der Waals surface area (Å²) in [6, 6.07) is 9.14. The summed E-state index contributed by atoms with van der Waals surface area (Å²) >= 11 is 7.01. The Labute approximate surface area is 158 Å². The van der Waals surface area contributed by atoms with Crippen LogP contribution in [0.5, 0.6) is 0 Å². The Kier molecular flexibility index (Phi) is 5.58. The van der Waals surface area contributed by atoms with Gasteiger partial charge in [0.25, 0.3) is 5.56 Å². The summed E-state index contributed by atoms with van der Waals surface area (Å²) in [5.41, 5.74) is 2.44. The second kappa shape index (κ2) is 7.88. The molecular formula is C18H15ClFN3O2S. The topological polar surface area (TPSA) is 63.5 Å². The molecule has 1 aromatic carbocycles. The number of amides is 1. The van der Waals surface area contributed by atoms with Crippen molar-refractivity contribution in [1.82, 2.24) is 9.38 Å². The van der Waals surface area contributed by atoms with Gasteiger partial charge in [-0.1, -0.05) is 17.7 Å². The largest absolute Gasteiger partial charge is 0.325 e. The normalized spacial score (nSPS) is 10.9. The molecule has 26 heavy (non-hydrogen) atoms. The lowest BCUT2D eigenvalue weighted by atomic mass is 10.3. The van der Waals surface area contributed by atoms with Crippen molar-refractivity contribution in [2.24, 2.45) is 0 Å². The van der Waals surface area contributed by atoms with Crippen molar-refractivity contribution in [2.45, 2.75) is 12.7 Å². The number of thioether (sulfide) groups is 1. The minimum atomic E-state index is -0.539. The van der Waals surface area contributed by atoms with Crippen LogP contribution in [-0.4, -0.2) is 21.0 Å². The number of carbonyl (C=O) groups is 1. The van der Waals surface area contributed by atoms with Gasteiger partial charge in [-0.25, -0.2) is 9.37 Å². The van der Waals surface area contributed by atoms with Crippen LogP contribution in [-0.2, 0) is 10.5 Å². The number of halogens is 2. The Morgan fingerprint density at radius 2 is 2.12 bits per heavy atom. The van der Waals surface area contributed by atoms with Crippen LogP contribution >= 0.6 is 23.4 Å². The molecule has 0 fully saturated rings. The number of nitrogens with one attached hydrogen (secondary N) is 1. The number of nitrogens with zero attached hydrogens (tertiary/aromatic N) is 2. The lowest BCUT2D eigenvalue weighted by Gasteiger charge is -2.07. The quantitative estimate of drug-likeness (QED) is 0.720. The van der Waals surface area contributed by atoms with Crippen LogP contribution in [0.1, 0.15) is 11.3 Å². The van der Waals surface area contributed by atoms with Crippen molar-refractivity contribution in [1.29, 1.82) is 0 Å². The van der Waals surface area contributed by atoms with Crippen LogP contribution in [0, 0.1) is 12.7 Å². The number of benzene rings is 1. The van der Waals surface area contributed by atoms with E-state index in [-0.39, 0.29) is 22.2 Å². The van der Waals surface area contributed by atoms with E-state index in [4.69, 9.17) is 11.6 Å². The van der Waals surface area contributed by atoms with Crippen LogP contribution in [0.15, 0.2) is 47.4 Å². The van der Waals surface area contributed by atoms with Gasteiger partial charge in [-0.05, 0) is 36.8 Å². The summed E-state index contributed by atoms with van der Waals surface area (Å²) in [6.45, 7) is 1.91. The maximum Gasteiger partial charge on any atom is 0.258 e. The van der Waals surface area contributed by atoms with E-state index in [9.17, 15) is 14.0 Å². The molecule has 0 spiro atoms. The molecule has 2 aromatic heterocycles. The number of anilines is 1. The van der Waals surface area contributed by atoms with Gasteiger partial charge in [-0.15, -0.1) is 11.8 Å². The van der Waals surface area contributed by atoms with Crippen molar-refractivity contribution in [3.05, 3.63) is 75.0 Å². The molecule has 0 radical (unpaired) electrons. The number of hydrogen-bond acceptors (Lipinski definition) is 4. The Morgan fingerprint density at radius 1 is 1.31 bits per heavy atom. The van der Waals surface area contributed by atoms with E-state index in [0.29, 0.717) is 22.8 Å². The molecule has 0 unspecified atom stereocenters. The van der Waals surface area contributed by atoms with Crippen LogP contribution in [0.25, 0.3) is 5.65 Å². The predicted molar refractivity (Wildman–Crippen MR) is 102 cm³/mol. The molecule has 0 aliphatic heterocycles. The molecule has 2 heterocycles. The lowest BCUT2D eigenvalue weighted by Crippen LogP contribution is -2.16. The number of rotatable bonds is 5. The van der Waals surface area contributed by atoms with E-state index in [1.807, 2.05) is 13.0 Å². The summed E-state index contributed by atoms with van der Waals surface area (Å²) in [5.74, 6) is -0.185. The first kappa shape index (κ1) is 18.4. The van der Waals surface area contributed by atoms with Crippen molar-refractivity contribution in [3.63, 3.8) is 0 Å². The van der Waals surface area contributed by atoms with Crippen molar-refractivity contribution in [2.75, 3.05) is 11.1 Å². The van der Waals surface area contributed by atoms with Crippen LogP contribution < -0.4 is 10.9 Å². The molecule has 1 N–H and O–H groups in total. The minimum absolute atomic E-state index is 0.0495. The monoisotopic (exact) mass is 391 g/mol. The van der Waals surface area contributed by atoms with Gasteiger partial charge in [0.2, 0.25) is 5.91 Å². The van der Waals surface area contributed by atoms with Crippen LogP contribution in [0.4, 0.5) is 10.1 Å². The molecule has 134 valence electrons. The third-order valence-corrected chi connectivity index (χ3v) is 4.80. The van der Waals surface area contributed by atoms with Gasteiger partial charge in [0, 0.05) is 23.7 Å². The number of carbonyl (C=O) groups excluding carboxylic acids is 1. The molecule has 0 aliphatic rings. The van der Waals surface area contributed by atoms with Crippen molar-refractivity contribution in [3.8, 4) is 0 Å². The fourth-order valence-corrected chi connectivity index (χ4v) is 3.25. The van der Waals surface area contributed by atoms with Crippen molar-refractivity contribution >= 4 is 40.6 Å². The van der Waals surface area contributed by atoms with E-state index in [1.165, 1.54) is 40.4 Å². The molecule has 0 saturated carbocycles. The number of aryl methyl sites for hydroxylation is 1. The van der Waals surface area contributed by atoms with Gasteiger partial charge in [-0.2, -0.15) is 0 Å². The molecule has 3 rings (SSSR count). The molecule has 0 aliphatic carbocycles. The summed E-state index contributed by atoms with van der Waals surface area (Å²) in [7, 11) is 0. The highest BCUT2D eigenvalue weighted by Gasteiger charge is 2.07. The zero-order chi connectivity index (χ0) is 18.7. The van der Waals surface area contributed by atoms with Gasteiger partial charge >= 0.3 is 0 Å². The van der Waals surface area contributed by atoms with E-state index < -0.39 is 5.82 Å². The molecule has 3 aromatic rings. The Balaban J connectivity index is 1.60. The van der Waals surface area contributed by atoms with E-state index in [2.05, 4.69) is 10.3 Å². The third-order valence-electron chi connectivity index (χ3n) is 3.55. The van der Waals surface area contributed by atoms with Gasteiger partial charge in [-0.3, -0.25) is 14.0 Å². The fraction of sp³-hybridized carbons (Fsp3) is 0.167. The average molecular weight is 392 g/mol. The summed E-state index contributed by atoms with van der Waals surface area (Å²) < 4.78 is 14.6. The molecule has 5 nitrogen and oxygen atoms in total. The highest BCUT2D eigenvalue weighted by molar-refractivity contribution is 7.99. The Bertz CT molecular complexity index is 1040. The predicted octanol–water partition coefficient (Wildman–Crippen LogP) is 3.67. The number of fused-ring (bicyclic) bond motifs is 1. The third kappa shape index (κ3) is 4.42. The average Bonchev–Trinajstić information content (AvgIpc) is 2.59. The summed E-state index contributed by atoms with van der Waals surface area (Å²) in [6.07, 6.45) is 1.74. The van der Waals surface area contributed by atoms with E-state index in [1.54, 1.807) is 12.3 Å². The first-order chi connectivity index (χ1) is 12.4. The Hall–Kier alpha value is -2.38. The van der Waals surface area contributed by atoms with Crippen LogP contribution in [0.3, 0.4) is 0 Å². The van der Waals surface area contributed by atoms with Crippen molar-refractivity contribution < 1.29 is 9.18 Å². The Morgan fingerprint density at radius 3 is 2.88 bits per heavy atom. The standard InChI is InChI=1S/C18H15ClFN3O2S/c1-11-2-5-16-21-13(7-18(25)23(16)8-11)9-26-10-17(24)22-12-3-4-15(20)14(19)6-12/h2-8H,9-10H2,1H3,(H,22,24). The lowest BCUT2D eigenvalue weighted by molar-refractivity contribution is -0.113. The fourth-order valence-electron chi connectivity index (χ4n) is 2.35. The molecule has 0 bridgehead atoms. The SMILES string of the molecule is Cc1ccc2nc(CSCC(=O)Nc3ccc(F)c(Cl)c3)cc(=O)n2c1. The highest BCUT2D eigenvalue weighted by atomic mass is 35.5. The first-order valence-corrected chi connectivity index (χ1v) is 9.27. The second-order valence-electron chi connectivity index (χ2n) is 5.69. The molecule has 8 heteroatoms. The zero-order valence-electron chi connectivity index (χ0n) is 13.8. The van der Waals surface area contributed by atoms with Crippen LogP contribution in [0.2, 0.25) is 5.02 Å². The van der Waals surface area contributed by atoms with Gasteiger partial charge < -0.3 is 5.32 Å². The van der Waals surface area contributed by atoms with Gasteiger partial charge in [0.05, 0.1) is 16.5 Å². The number of pyridine rings is 1. The first-order valence-electron chi connectivity index (χ1n) is 7.74. The summed E-state index contributed by atoms with van der Waals surface area (Å²) in [5, 5.41) is 2.60. The van der Waals surface area contributed by atoms with Gasteiger partial charge in [0.1, 0.15) is 11.5 Å². The highest BCUT2D eigenvalue weighted by Crippen LogP contribution is 2.19.